The minimum absolute atomic E-state index is 0. The van der Waals surface area contributed by atoms with Gasteiger partial charge in [0.1, 0.15) is 12.4 Å². The number of carbonyl (C=O) groups is 1. The van der Waals surface area contributed by atoms with Gasteiger partial charge in [0.15, 0.2) is 0 Å². The molecule has 1 amide bonds. The molecule has 1 atom stereocenters. The Morgan fingerprint density at radius 3 is 2.71 bits per heavy atom. The summed E-state index contributed by atoms with van der Waals surface area (Å²) in [6, 6.07) is 17.4. The minimum Gasteiger partial charge on any atom is -0.489 e. The van der Waals surface area contributed by atoms with Gasteiger partial charge in [0.25, 0.3) is 5.91 Å². The van der Waals surface area contributed by atoms with Gasteiger partial charge in [-0.1, -0.05) is 36.4 Å². The lowest BCUT2D eigenvalue weighted by atomic mass is 10.1. The number of hydrogen-bond acceptors (Lipinski definition) is 3. The number of nitrogens with zero attached hydrogens (tertiary/aromatic N) is 1. The summed E-state index contributed by atoms with van der Waals surface area (Å²) < 4.78 is 5.80. The number of piperidine rings is 1. The zero-order chi connectivity index (χ0) is 16.1. The molecule has 1 unspecified atom stereocenters. The third kappa shape index (κ3) is 4.73. The minimum atomic E-state index is 0. The highest BCUT2D eigenvalue weighted by Crippen LogP contribution is 2.18. The molecule has 5 heteroatoms. The first-order valence-corrected chi connectivity index (χ1v) is 8.04. The molecule has 0 bridgehead atoms. The van der Waals surface area contributed by atoms with Gasteiger partial charge in [0.05, 0.1) is 0 Å². The number of carbonyl (C=O) groups excluding carboxylic acids is 1. The maximum atomic E-state index is 12.6. The van der Waals surface area contributed by atoms with E-state index < -0.39 is 0 Å². The van der Waals surface area contributed by atoms with Crippen LogP contribution in [0.5, 0.6) is 5.75 Å². The van der Waals surface area contributed by atoms with Gasteiger partial charge in [-0.15, -0.1) is 12.4 Å². The van der Waals surface area contributed by atoms with Crippen molar-refractivity contribution >= 4 is 18.3 Å². The van der Waals surface area contributed by atoms with Crippen LogP contribution in [-0.4, -0.2) is 29.9 Å². The van der Waals surface area contributed by atoms with Crippen molar-refractivity contribution in [1.29, 1.82) is 0 Å². The van der Waals surface area contributed by atoms with E-state index in [1.54, 1.807) is 0 Å². The molecule has 2 N–H and O–H groups in total. The number of hydrogen-bond donors (Lipinski definition) is 1. The third-order valence-corrected chi connectivity index (χ3v) is 4.07. The summed E-state index contributed by atoms with van der Waals surface area (Å²) in [6.45, 7) is 1.91. The predicted molar refractivity (Wildman–Crippen MR) is 97.6 cm³/mol. The molecule has 3 rings (SSSR count). The summed E-state index contributed by atoms with van der Waals surface area (Å²) >= 11 is 0. The van der Waals surface area contributed by atoms with Crippen LogP contribution >= 0.6 is 12.4 Å². The first-order chi connectivity index (χ1) is 11.2. The van der Waals surface area contributed by atoms with Crippen LogP contribution in [0.2, 0.25) is 0 Å². The molecule has 1 fully saturated rings. The van der Waals surface area contributed by atoms with Crippen LogP contribution in [0.1, 0.15) is 28.8 Å². The molecule has 0 aliphatic carbocycles. The first-order valence-electron chi connectivity index (χ1n) is 8.04. The SMILES string of the molecule is Cl.NC1CCCN(C(=O)c2cccc(OCc3ccccc3)c2)C1. The van der Waals surface area contributed by atoms with E-state index in [9.17, 15) is 4.79 Å². The zero-order valence-corrected chi connectivity index (χ0v) is 14.4. The number of likely N-dealkylation sites (tertiary alicyclic amines) is 1. The largest absolute Gasteiger partial charge is 0.489 e. The molecule has 1 aliphatic rings. The van der Waals surface area contributed by atoms with Gasteiger partial charge < -0.3 is 15.4 Å². The smallest absolute Gasteiger partial charge is 0.254 e. The molecular weight excluding hydrogens is 324 g/mol. The molecule has 1 aliphatic heterocycles. The molecule has 128 valence electrons. The van der Waals surface area contributed by atoms with Crippen LogP contribution in [0.15, 0.2) is 54.6 Å². The Morgan fingerprint density at radius 1 is 1.17 bits per heavy atom. The van der Waals surface area contributed by atoms with Crippen molar-refractivity contribution < 1.29 is 9.53 Å². The molecule has 0 radical (unpaired) electrons. The summed E-state index contributed by atoms with van der Waals surface area (Å²) in [5.74, 6) is 0.742. The summed E-state index contributed by atoms with van der Waals surface area (Å²) in [7, 11) is 0. The quantitative estimate of drug-likeness (QED) is 0.924. The molecule has 0 spiro atoms. The summed E-state index contributed by atoms with van der Waals surface area (Å²) in [6.07, 6.45) is 1.96. The van der Waals surface area contributed by atoms with Crippen molar-refractivity contribution in [3.8, 4) is 5.75 Å². The van der Waals surface area contributed by atoms with E-state index in [-0.39, 0.29) is 24.4 Å². The van der Waals surface area contributed by atoms with Crippen molar-refractivity contribution in [1.82, 2.24) is 4.90 Å². The molecule has 1 saturated heterocycles. The third-order valence-electron chi connectivity index (χ3n) is 4.07. The van der Waals surface area contributed by atoms with Gasteiger partial charge in [0, 0.05) is 24.7 Å². The van der Waals surface area contributed by atoms with E-state index in [4.69, 9.17) is 10.5 Å². The zero-order valence-electron chi connectivity index (χ0n) is 13.6. The number of amides is 1. The Hall–Kier alpha value is -2.04. The van der Waals surface area contributed by atoms with Crippen molar-refractivity contribution in [2.75, 3.05) is 13.1 Å². The van der Waals surface area contributed by atoms with E-state index in [0.717, 1.165) is 24.9 Å². The number of nitrogens with two attached hydrogens (primary N) is 1. The monoisotopic (exact) mass is 346 g/mol. The molecule has 2 aromatic carbocycles. The fourth-order valence-electron chi connectivity index (χ4n) is 2.84. The number of ether oxygens (including phenoxy) is 1. The van der Waals surface area contributed by atoms with Gasteiger partial charge in [0.2, 0.25) is 0 Å². The van der Waals surface area contributed by atoms with E-state index in [2.05, 4.69) is 0 Å². The van der Waals surface area contributed by atoms with Gasteiger partial charge in [-0.05, 0) is 36.6 Å². The number of halogens is 1. The Kier molecular flexibility index (Phi) is 6.64. The second-order valence-electron chi connectivity index (χ2n) is 5.96. The van der Waals surface area contributed by atoms with Crippen molar-refractivity contribution in [2.45, 2.75) is 25.5 Å². The van der Waals surface area contributed by atoms with E-state index in [1.807, 2.05) is 59.5 Å². The second kappa shape index (κ2) is 8.71. The van der Waals surface area contributed by atoms with Gasteiger partial charge in [-0.25, -0.2) is 0 Å². The number of rotatable bonds is 4. The van der Waals surface area contributed by atoms with Crippen molar-refractivity contribution in [2.24, 2.45) is 5.73 Å². The normalized spacial score (nSPS) is 17.0. The van der Waals surface area contributed by atoms with Crippen LogP contribution in [0, 0.1) is 0 Å². The van der Waals surface area contributed by atoms with Crippen LogP contribution in [0.4, 0.5) is 0 Å². The standard InChI is InChI=1S/C19H22N2O2.ClH/c20-17-9-5-11-21(13-17)19(22)16-8-4-10-18(12-16)23-14-15-6-2-1-3-7-15;/h1-4,6-8,10,12,17H,5,9,11,13-14,20H2;1H. The summed E-state index contributed by atoms with van der Waals surface area (Å²) in [4.78, 5) is 14.4. The van der Waals surface area contributed by atoms with Crippen LogP contribution in [0.25, 0.3) is 0 Å². The van der Waals surface area contributed by atoms with Gasteiger partial charge >= 0.3 is 0 Å². The first kappa shape index (κ1) is 18.3. The van der Waals surface area contributed by atoms with Gasteiger partial charge in [-0.3, -0.25) is 4.79 Å². The van der Waals surface area contributed by atoms with Crippen LogP contribution in [0.3, 0.4) is 0 Å². The maximum absolute atomic E-state index is 12.6. The fraction of sp³-hybridized carbons (Fsp3) is 0.316. The van der Waals surface area contributed by atoms with Crippen molar-refractivity contribution in [3.05, 3.63) is 65.7 Å². The Balaban J connectivity index is 0.00000208. The molecule has 0 saturated carbocycles. The molecular formula is C19H23ClN2O2. The lowest BCUT2D eigenvalue weighted by Gasteiger charge is -2.30. The highest BCUT2D eigenvalue weighted by atomic mass is 35.5. The lowest BCUT2D eigenvalue weighted by Crippen LogP contribution is -2.45. The predicted octanol–water partition coefficient (Wildman–Crippen LogP) is 3.25. The van der Waals surface area contributed by atoms with Crippen LogP contribution in [-0.2, 0) is 6.61 Å². The highest BCUT2D eigenvalue weighted by Gasteiger charge is 2.22. The van der Waals surface area contributed by atoms with Crippen molar-refractivity contribution in [3.63, 3.8) is 0 Å². The molecule has 24 heavy (non-hydrogen) atoms. The topological polar surface area (TPSA) is 55.6 Å². The average molecular weight is 347 g/mol. The Bertz CT molecular complexity index is 663. The lowest BCUT2D eigenvalue weighted by molar-refractivity contribution is 0.0708. The van der Waals surface area contributed by atoms with E-state index >= 15 is 0 Å². The molecule has 2 aromatic rings. The Morgan fingerprint density at radius 2 is 1.96 bits per heavy atom. The molecule has 0 aromatic heterocycles. The molecule has 1 heterocycles. The van der Waals surface area contributed by atoms with Gasteiger partial charge in [-0.2, -0.15) is 0 Å². The van der Waals surface area contributed by atoms with E-state index in [1.165, 1.54) is 0 Å². The summed E-state index contributed by atoms with van der Waals surface area (Å²) in [5, 5.41) is 0. The second-order valence-corrected chi connectivity index (χ2v) is 5.96. The molecule has 4 nitrogen and oxygen atoms in total. The Labute approximate surface area is 149 Å². The van der Waals surface area contributed by atoms with Crippen LogP contribution < -0.4 is 10.5 Å². The maximum Gasteiger partial charge on any atom is 0.254 e. The highest BCUT2D eigenvalue weighted by molar-refractivity contribution is 5.94. The average Bonchev–Trinajstić information content (AvgIpc) is 2.60. The van der Waals surface area contributed by atoms with E-state index in [0.29, 0.717) is 24.5 Å². The fourth-order valence-corrected chi connectivity index (χ4v) is 2.84. The number of benzene rings is 2. The summed E-state index contributed by atoms with van der Waals surface area (Å²) in [5.41, 5.74) is 7.72.